The Kier molecular flexibility index (Phi) is 4.06. The molecule has 0 aromatic carbocycles. The maximum atomic E-state index is 11.2. The largest absolute Gasteiger partial charge is 0.478 e. The first-order valence-electron chi connectivity index (χ1n) is 5.10. The van der Waals surface area contributed by atoms with E-state index in [0.717, 1.165) is 11.5 Å². The van der Waals surface area contributed by atoms with Gasteiger partial charge in [-0.2, -0.15) is 4.37 Å². The Bertz CT molecular complexity index is 442. The molecule has 0 aliphatic heterocycles. The van der Waals surface area contributed by atoms with E-state index in [1.54, 1.807) is 6.92 Å². The minimum Gasteiger partial charge on any atom is -0.478 e. The van der Waals surface area contributed by atoms with Crippen LogP contribution in [0.1, 0.15) is 29.9 Å². The molecule has 1 atom stereocenters. The number of carboxylic acid groups (broad SMARTS) is 1. The summed E-state index contributed by atoms with van der Waals surface area (Å²) in [5, 5.41) is 12.3. The Balaban J connectivity index is 3.02. The molecule has 0 aliphatic carbocycles. The van der Waals surface area contributed by atoms with Crippen molar-refractivity contribution in [1.82, 2.24) is 4.37 Å². The number of nitrogens with zero attached hydrogens (tertiary/aromatic N) is 1. The van der Waals surface area contributed by atoms with E-state index in [0.29, 0.717) is 10.7 Å². The topological polar surface area (TPSA) is 105 Å². The Labute approximate surface area is 103 Å². The summed E-state index contributed by atoms with van der Waals surface area (Å²) in [5.41, 5.74) is 5.78. The van der Waals surface area contributed by atoms with Gasteiger partial charge in [0.2, 0.25) is 5.91 Å². The Morgan fingerprint density at radius 3 is 2.47 bits per heavy atom. The number of rotatable bonds is 5. The Morgan fingerprint density at radius 1 is 1.47 bits per heavy atom. The standard InChI is InChI=1S/C10H15N3O3S/c1-4(2)7(8(11)14)12-9-6(10(15)16)5(3)13-17-9/h4,7,12H,1-3H3,(H2,11,14)(H,15,16). The number of amides is 1. The number of aryl methyl sites for hydroxylation is 1. The lowest BCUT2D eigenvalue weighted by molar-refractivity contribution is -0.119. The molecule has 6 nitrogen and oxygen atoms in total. The summed E-state index contributed by atoms with van der Waals surface area (Å²) in [5.74, 6) is -1.61. The Morgan fingerprint density at radius 2 is 2.06 bits per heavy atom. The summed E-state index contributed by atoms with van der Waals surface area (Å²) in [6.07, 6.45) is 0. The van der Waals surface area contributed by atoms with Crippen LogP contribution in [0.15, 0.2) is 0 Å². The van der Waals surface area contributed by atoms with Gasteiger partial charge in [-0.1, -0.05) is 13.8 Å². The summed E-state index contributed by atoms with van der Waals surface area (Å²) in [6.45, 7) is 5.27. The molecular formula is C10H15N3O3S. The number of hydrogen-bond donors (Lipinski definition) is 3. The van der Waals surface area contributed by atoms with Crippen LogP contribution in [0, 0.1) is 12.8 Å². The molecule has 1 amide bonds. The third-order valence-electron chi connectivity index (χ3n) is 2.34. The van der Waals surface area contributed by atoms with Gasteiger partial charge in [0.25, 0.3) is 0 Å². The van der Waals surface area contributed by atoms with Gasteiger partial charge >= 0.3 is 5.97 Å². The molecule has 0 bridgehead atoms. The summed E-state index contributed by atoms with van der Waals surface area (Å²) in [7, 11) is 0. The van der Waals surface area contributed by atoms with Gasteiger partial charge in [-0.15, -0.1) is 0 Å². The number of nitrogens with one attached hydrogen (secondary N) is 1. The number of aromatic nitrogens is 1. The van der Waals surface area contributed by atoms with Crippen molar-refractivity contribution in [2.75, 3.05) is 5.32 Å². The SMILES string of the molecule is Cc1nsc(NC(C(N)=O)C(C)C)c1C(=O)O. The van der Waals surface area contributed by atoms with Gasteiger partial charge in [-0.05, 0) is 24.4 Å². The minimum atomic E-state index is -1.06. The van der Waals surface area contributed by atoms with E-state index in [1.165, 1.54) is 0 Å². The summed E-state index contributed by atoms with van der Waals surface area (Å²) >= 11 is 1.02. The van der Waals surface area contributed by atoms with Crippen molar-refractivity contribution in [2.45, 2.75) is 26.8 Å². The molecule has 94 valence electrons. The molecule has 0 saturated carbocycles. The quantitative estimate of drug-likeness (QED) is 0.731. The van der Waals surface area contributed by atoms with Gasteiger partial charge in [-0.3, -0.25) is 4.79 Å². The third-order valence-corrected chi connectivity index (χ3v) is 3.21. The zero-order valence-electron chi connectivity index (χ0n) is 9.85. The van der Waals surface area contributed by atoms with E-state index >= 15 is 0 Å². The molecule has 4 N–H and O–H groups in total. The van der Waals surface area contributed by atoms with Crippen LogP contribution in [0.4, 0.5) is 5.00 Å². The zero-order chi connectivity index (χ0) is 13.2. The number of hydrogen-bond acceptors (Lipinski definition) is 5. The highest BCUT2D eigenvalue weighted by Crippen LogP contribution is 2.26. The van der Waals surface area contributed by atoms with Gasteiger partial charge < -0.3 is 16.2 Å². The van der Waals surface area contributed by atoms with Crippen molar-refractivity contribution >= 4 is 28.4 Å². The number of aromatic carboxylic acids is 1. The first-order valence-corrected chi connectivity index (χ1v) is 5.87. The van der Waals surface area contributed by atoms with E-state index in [9.17, 15) is 9.59 Å². The summed E-state index contributed by atoms with van der Waals surface area (Å²) in [4.78, 5) is 22.3. The van der Waals surface area contributed by atoms with Crippen LogP contribution in [-0.4, -0.2) is 27.4 Å². The predicted molar refractivity (Wildman–Crippen MR) is 65.3 cm³/mol. The van der Waals surface area contributed by atoms with Crippen LogP contribution in [0.3, 0.4) is 0 Å². The highest BCUT2D eigenvalue weighted by atomic mass is 32.1. The van der Waals surface area contributed by atoms with Gasteiger partial charge in [0.15, 0.2) is 0 Å². The van der Waals surface area contributed by atoms with Crippen molar-refractivity contribution in [1.29, 1.82) is 0 Å². The molecule has 1 aromatic heterocycles. The molecule has 7 heteroatoms. The van der Waals surface area contributed by atoms with Gasteiger partial charge in [0.05, 0.1) is 5.69 Å². The number of carbonyl (C=O) groups excluding carboxylic acids is 1. The highest BCUT2D eigenvalue weighted by Gasteiger charge is 2.24. The molecule has 0 saturated heterocycles. The molecule has 17 heavy (non-hydrogen) atoms. The first-order chi connectivity index (χ1) is 7.84. The molecule has 1 aromatic rings. The maximum absolute atomic E-state index is 11.2. The van der Waals surface area contributed by atoms with E-state index in [2.05, 4.69) is 9.69 Å². The monoisotopic (exact) mass is 257 g/mol. The number of anilines is 1. The van der Waals surface area contributed by atoms with Crippen LogP contribution in [-0.2, 0) is 4.79 Å². The molecular weight excluding hydrogens is 242 g/mol. The van der Waals surface area contributed by atoms with E-state index in [4.69, 9.17) is 10.8 Å². The van der Waals surface area contributed by atoms with Crippen LogP contribution in [0.5, 0.6) is 0 Å². The fourth-order valence-corrected chi connectivity index (χ4v) is 2.25. The molecule has 1 unspecified atom stereocenters. The molecule has 0 spiro atoms. The van der Waals surface area contributed by atoms with Crippen LogP contribution < -0.4 is 11.1 Å². The summed E-state index contributed by atoms with van der Waals surface area (Å²) < 4.78 is 3.96. The number of nitrogens with two attached hydrogens (primary N) is 1. The molecule has 0 fully saturated rings. The fourth-order valence-electron chi connectivity index (χ4n) is 1.43. The molecule has 1 heterocycles. The first kappa shape index (κ1) is 13.4. The minimum absolute atomic E-state index is 0.0310. The van der Waals surface area contributed by atoms with Gasteiger partial charge in [0.1, 0.15) is 16.6 Å². The Hall–Kier alpha value is -1.63. The lowest BCUT2D eigenvalue weighted by Gasteiger charge is -2.19. The van der Waals surface area contributed by atoms with Crippen LogP contribution in [0.25, 0.3) is 0 Å². The average molecular weight is 257 g/mol. The van der Waals surface area contributed by atoms with Crippen molar-refractivity contribution in [2.24, 2.45) is 11.7 Å². The molecule has 0 radical (unpaired) electrons. The van der Waals surface area contributed by atoms with Crippen molar-refractivity contribution in [3.63, 3.8) is 0 Å². The van der Waals surface area contributed by atoms with Gasteiger partial charge in [-0.25, -0.2) is 4.79 Å². The van der Waals surface area contributed by atoms with E-state index in [1.807, 2.05) is 13.8 Å². The third kappa shape index (κ3) is 2.94. The van der Waals surface area contributed by atoms with Crippen LogP contribution >= 0.6 is 11.5 Å². The maximum Gasteiger partial charge on any atom is 0.340 e. The second-order valence-corrected chi connectivity index (χ2v) is 4.82. The lowest BCUT2D eigenvalue weighted by atomic mass is 10.0. The second-order valence-electron chi connectivity index (χ2n) is 4.05. The normalized spacial score (nSPS) is 12.5. The molecule has 0 aliphatic rings. The number of primary amides is 1. The smallest absolute Gasteiger partial charge is 0.340 e. The van der Waals surface area contributed by atoms with E-state index < -0.39 is 17.9 Å². The van der Waals surface area contributed by atoms with Gasteiger partial charge in [0, 0.05) is 0 Å². The average Bonchev–Trinajstić information content (AvgIpc) is 2.54. The van der Waals surface area contributed by atoms with Crippen molar-refractivity contribution in [3.05, 3.63) is 11.3 Å². The lowest BCUT2D eigenvalue weighted by Crippen LogP contribution is -2.39. The highest BCUT2D eigenvalue weighted by molar-refractivity contribution is 7.10. The van der Waals surface area contributed by atoms with E-state index in [-0.39, 0.29) is 11.5 Å². The fraction of sp³-hybridized carbons (Fsp3) is 0.500. The number of carboxylic acids is 1. The second kappa shape index (κ2) is 5.13. The number of carbonyl (C=O) groups is 2. The molecule has 1 rings (SSSR count). The predicted octanol–water partition coefficient (Wildman–Crippen LogP) is 1.07. The van der Waals surface area contributed by atoms with Crippen molar-refractivity contribution in [3.8, 4) is 0 Å². The summed E-state index contributed by atoms with van der Waals surface area (Å²) in [6, 6.07) is -0.604. The van der Waals surface area contributed by atoms with Crippen molar-refractivity contribution < 1.29 is 14.7 Å². The zero-order valence-corrected chi connectivity index (χ0v) is 10.7. The van der Waals surface area contributed by atoms with Crippen LogP contribution in [0.2, 0.25) is 0 Å².